The van der Waals surface area contributed by atoms with Crippen molar-refractivity contribution in [2.75, 3.05) is 0 Å². The van der Waals surface area contributed by atoms with Gasteiger partial charge in [0.1, 0.15) is 0 Å². The molecule has 2 rings (SSSR count). The molecule has 0 saturated carbocycles. The molecule has 0 unspecified atom stereocenters. The first-order chi connectivity index (χ1) is 12.8. The van der Waals surface area contributed by atoms with Gasteiger partial charge in [0, 0.05) is 22.3 Å². The number of rotatable bonds is 0. The van der Waals surface area contributed by atoms with E-state index in [9.17, 15) is 20.4 Å². The summed E-state index contributed by atoms with van der Waals surface area (Å²) < 4.78 is 0. The minimum atomic E-state index is -0.349. The van der Waals surface area contributed by atoms with Crippen LogP contribution in [-0.4, -0.2) is 20.4 Å². The van der Waals surface area contributed by atoms with Crippen molar-refractivity contribution in [3.05, 3.63) is 46.5 Å². The minimum absolute atomic E-state index is 0.140. The second kappa shape index (κ2) is 7.41. The van der Waals surface area contributed by atoms with Crippen molar-refractivity contribution in [1.29, 1.82) is 0 Å². The number of hydrogen-bond donors (Lipinski definition) is 4. The van der Waals surface area contributed by atoms with Crippen LogP contribution in [0.15, 0.2) is 24.3 Å². The lowest BCUT2D eigenvalue weighted by Crippen LogP contribution is -2.11. The lowest BCUT2D eigenvalue weighted by Gasteiger charge is -2.21. The van der Waals surface area contributed by atoms with Gasteiger partial charge in [0.15, 0.2) is 23.0 Å². The van der Waals surface area contributed by atoms with Crippen LogP contribution in [0.3, 0.4) is 0 Å². The van der Waals surface area contributed by atoms with Gasteiger partial charge in [0.2, 0.25) is 0 Å². The minimum Gasteiger partial charge on any atom is -0.504 e. The Morgan fingerprint density at radius 2 is 0.893 bits per heavy atom. The quantitative estimate of drug-likeness (QED) is 0.402. The lowest BCUT2D eigenvalue weighted by atomic mass is 9.85. The summed E-state index contributed by atoms with van der Waals surface area (Å²) in [5, 5.41) is 40.0. The molecule has 0 atom stereocenters. The van der Waals surface area contributed by atoms with Crippen molar-refractivity contribution in [2.45, 2.75) is 52.4 Å². The monoisotopic (exact) mass is 378 g/mol. The predicted molar refractivity (Wildman–Crippen MR) is 111 cm³/mol. The van der Waals surface area contributed by atoms with E-state index in [0.717, 1.165) is 0 Å². The molecule has 4 heteroatoms. The molecule has 0 aromatic heterocycles. The predicted octanol–water partition coefficient (Wildman–Crippen LogP) is 4.51. The van der Waals surface area contributed by atoms with Crippen LogP contribution in [0.2, 0.25) is 0 Å². The first-order valence-electron chi connectivity index (χ1n) is 8.95. The van der Waals surface area contributed by atoms with Gasteiger partial charge in [0.05, 0.1) is 0 Å². The second-order valence-corrected chi connectivity index (χ2v) is 8.78. The summed E-state index contributed by atoms with van der Waals surface area (Å²) in [5.41, 5.74) is 1.58. The molecule has 2 aromatic rings. The second-order valence-electron chi connectivity index (χ2n) is 8.78. The molecule has 0 aliphatic rings. The van der Waals surface area contributed by atoms with Crippen molar-refractivity contribution in [3.63, 3.8) is 0 Å². The normalized spacial score (nSPS) is 11.2. The Morgan fingerprint density at radius 1 is 0.571 bits per heavy atom. The molecule has 0 heterocycles. The fraction of sp³-hybridized carbons (Fsp3) is 0.333. The molecule has 4 nitrogen and oxygen atoms in total. The molecule has 146 valence electrons. The van der Waals surface area contributed by atoms with Gasteiger partial charge in [-0.3, -0.25) is 0 Å². The third-order valence-electron chi connectivity index (χ3n) is 4.27. The number of phenolic OH excluding ortho intramolecular Hbond substituents is 4. The number of phenols is 4. The highest BCUT2D eigenvalue weighted by molar-refractivity contribution is 5.57. The van der Waals surface area contributed by atoms with Crippen molar-refractivity contribution >= 4 is 0 Å². The Morgan fingerprint density at radius 3 is 1.18 bits per heavy atom. The topological polar surface area (TPSA) is 80.9 Å². The molecular weight excluding hydrogens is 352 g/mol. The van der Waals surface area contributed by atoms with E-state index in [1.54, 1.807) is 12.1 Å². The molecule has 2 aromatic carbocycles. The van der Waals surface area contributed by atoms with E-state index >= 15 is 0 Å². The zero-order valence-electron chi connectivity index (χ0n) is 17.1. The molecule has 0 spiro atoms. The molecule has 0 saturated heterocycles. The van der Waals surface area contributed by atoms with Gasteiger partial charge < -0.3 is 20.4 Å². The average molecular weight is 378 g/mol. The summed E-state index contributed by atoms with van der Waals surface area (Å²) in [5.74, 6) is 10.4. The molecule has 0 fully saturated rings. The Kier molecular flexibility index (Phi) is 5.57. The third-order valence-corrected chi connectivity index (χ3v) is 4.27. The standard InChI is InChI=1S/C24H26O4/c1-23(2,3)17-11-15(13-19(25)21(17)27)9-7-8-10-16-12-18(24(4,5)6)22(28)20(26)14-16/h11-14,25-28H,1-6H3. The molecule has 0 amide bonds. The van der Waals surface area contributed by atoms with Gasteiger partial charge in [-0.1, -0.05) is 53.4 Å². The summed E-state index contributed by atoms with van der Waals surface area (Å²) in [7, 11) is 0. The number of aromatic hydroxyl groups is 4. The molecule has 4 N–H and O–H groups in total. The SMILES string of the molecule is CC(C)(C)c1cc(C#CC#Cc2cc(O)c(O)c(C(C)(C)C)c2)cc(O)c1O. The first kappa shape index (κ1) is 21.1. The molecule has 0 bridgehead atoms. The van der Waals surface area contributed by atoms with E-state index in [1.807, 2.05) is 41.5 Å². The zero-order valence-corrected chi connectivity index (χ0v) is 17.1. The van der Waals surface area contributed by atoms with E-state index in [4.69, 9.17) is 0 Å². The van der Waals surface area contributed by atoms with Crippen molar-refractivity contribution in [2.24, 2.45) is 0 Å². The highest BCUT2D eigenvalue weighted by Gasteiger charge is 2.22. The molecular formula is C24H26O4. The van der Waals surface area contributed by atoms with Crippen LogP contribution >= 0.6 is 0 Å². The molecule has 28 heavy (non-hydrogen) atoms. The van der Waals surface area contributed by atoms with Crippen LogP contribution in [0, 0.1) is 23.7 Å². The maximum Gasteiger partial charge on any atom is 0.161 e. The average Bonchev–Trinajstić information content (AvgIpc) is 2.55. The van der Waals surface area contributed by atoms with Crippen LogP contribution < -0.4 is 0 Å². The summed E-state index contributed by atoms with van der Waals surface area (Å²) in [6.07, 6.45) is 0. The summed E-state index contributed by atoms with van der Waals surface area (Å²) in [4.78, 5) is 0. The van der Waals surface area contributed by atoms with Gasteiger partial charge in [-0.25, -0.2) is 0 Å². The fourth-order valence-electron chi connectivity index (χ4n) is 2.73. The maximum atomic E-state index is 10.0. The lowest BCUT2D eigenvalue weighted by molar-refractivity contribution is 0.389. The molecule has 0 aliphatic heterocycles. The summed E-state index contributed by atoms with van der Waals surface area (Å²) >= 11 is 0. The van der Waals surface area contributed by atoms with Crippen molar-refractivity contribution in [3.8, 4) is 46.7 Å². The van der Waals surface area contributed by atoms with E-state index in [1.165, 1.54) is 12.1 Å². The Bertz CT molecular complexity index is 942. The molecule has 0 radical (unpaired) electrons. The highest BCUT2D eigenvalue weighted by atomic mass is 16.3. The summed E-state index contributed by atoms with van der Waals surface area (Å²) in [6, 6.07) is 6.24. The molecule has 0 aliphatic carbocycles. The van der Waals surface area contributed by atoms with E-state index in [2.05, 4.69) is 23.7 Å². The Labute approximate surface area is 166 Å². The van der Waals surface area contributed by atoms with Crippen molar-refractivity contribution < 1.29 is 20.4 Å². The van der Waals surface area contributed by atoms with E-state index in [0.29, 0.717) is 22.3 Å². The van der Waals surface area contributed by atoms with Crippen molar-refractivity contribution in [1.82, 2.24) is 0 Å². The van der Waals surface area contributed by atoms with Gasteiger partial charge in [-0.05, 0) is 46.9 Å². The van der Waals surface area contributed by atoms with Crippen LogP contribution in [0.4, 0.5) is 0 Å². The van der Waals surface area contributed by atoms with Crippen LogP contribution in [0.25, 0.3) is 0 Å². The number of hydrogen-bond acceptors (Lipinski definition) is 4. The number of benzene rings is 2. The smallest absolute Gasteiger partial charge is 0.161 e. The van der Waals surface area contributed by atoms with Gasteiger partial charge in [-0.2, -0.15) is 0 Å². The Balaban J connectivity index is 2.39. The van der Waals surface area contributed by atoms with Gasteiger partial charge >= 0.3 is 0 Å². The summed E-state index contributed by atoms with van der Waals surface area (Å²) in [6.45, 7) is 11.6. The third kappa shape index (κ3) is 4.72. The largest absolute Gasteiger partial charge is 0.504 e. The van der Waals surface area contributed by atoms with E-state index in [-0.39, 0.29) is 33.8 Å². The maximum absolute atomic E-state index is 10.0. The van der Waals surface area contributed by atoms with Crippen LogP contribution in [0.1, 0.15) is 63.8 Å². The first-order valence-corrected chi connectivity index (χ1v) is 8.95. The zero-order chi connectivity index (χ0) is 21.3. The highest BCUT2D eigenvalue weighted by Crippen LogP contribution is 2.38. The van der Waals surface area contributed by atoms with Gasteiger partial charge in [-0.15, -0.1) is 0 Å². The van der Waals surface area contributed by atoms with Gasteiger partial charge in [0.25, 0.3) is 0 Å². The van der Waals surface area contributed by atoms with E-state index < -0.39 is 0 Å². The fourth-order valence-corrected chi connectivity index (χ4v) is 2.73. The Hall–Kier alpha value is -3.24. The van der Waals surface area contributed by atoms with Crippen LogP contribution in [0.5, 0.6) is 23.0 Å². The van der Waals surface area contributed by atoms with Crippen LogP contribution in [-0.2, 0) is 10.8 Å².